The van der Waals surface area contributed by atoms with Crippen molar-refractivity contribution in [2.24, 2.45) is 0 Å². The summed E-state index contributed by atoms with van der Waals surface area (Å²) in [4.78, 5) is 11.4. The Hall–Kier alpha value is -0.740. The second-order valence-corrected chi connectivity index (χ2v) is 4.55. The lowest BCUT2D eigenvalue weighted by molar-refractivity contribution is -0.127. The largest absolute Gasteiger partial charge is 0.479 e. The molecule has 5 heteroatoms. The molecular weight excluding hydrogens is 293 g/mol. The van der Waals surface area contributed by atoms with E-state index in [1.54, 1.807) is 19.1 Å². The number of hydrogen-bond acceptors (Lipinski definition) is 2. The lowest BCUT2D eigenvalue weighted by Crippen LogP contribution is -2.36. The van der Waals surface area contributed by atoms with E-state index in [0.29, 0.717) is 17.3 Å². The second-order valence-electron chi connectivity index (χ2n) is 3.23. The van der Waals surface area contributed by atoms with Crippen LogP contribution in [0.1, 0.15) is 13.8 Å². The molecule has 1 aromatic carbocycles. The molecule has 88 valence electrons. The van der Waals surface area contributed by atoms with Gasteiger partial charge >= 0.3 is 0 Å². The van der Waals surface area contributed by atoms with Crippen LogP contribution in [0, 0.1) is 0 Å². The number of carbonyl (C=O) groups is 1. The molecule has 1 N–H and O–H groups in total. The summed E-state index contributed by atoms with van der Waals surface area (Å²) in [5.74, 6) is 0.352. The molecule has 1 atom stereocenters. The van der Waals surface area contributed by atoms with Gasteiger partial charge in [-0.05, 0) is 32.0 Å². The number of carbonyl (C=O) groups excluding carboxylic acids is 1. The van der Waals surface area contributed by atoms with Crippen molar-refractivity contribution >= 4 is 33.4 Å². The average molecular weight is 307 g/mol. The highest BCUT2D eigenvalue weighted by molar-refractivity contribution is 9.10. The van der Waals surface area contributed by atoms with Crippen molar-refractivity contribution in [1.29, 1.82) is 0 Å². The fourth-order valence-electron chi connectivity index (χ4n) is 1.13. The van der Waals surface area contributed by atoms with Crippen LogP contribution in [-0.4, -0.2) is 18.6 Å². The number of amides is 1. The minimum absolute atomic E-state index is 0.151. The maximum absolute atomic E-state index is 11.4. The Morgan fingerprint density at radius 1 is 1.62 bits per heavy atom. The van der Waals surface area contributed by atoms with E-state index in [9.17, 15) is 4.79 Å². The van der Waals surface area contributed by atoms with Crippen LogP contribution in [-0.2, 0) is 4.79 Å². The first-order valence-electron chi connectivity index (χ1n) is 4.94. The molecular formula is C11H13BrClNO2. The molecule has 1 amide bonds. The predicted octanol–water partition coefficient (Wildman–Crippen LogP) is 3.01. The minimum Gasteiger partial charge on any atom is -0.479 e. The molecule has 1 rings (SSSR count). The van der Waals surface area contributed by atoms with Crippen LogP contribution in [0.15, 0.2) is 22.7 Å². The van der Waals surface area contributed by atoms with E-state index in [2.05, 4.69) is 21.2 Å². The van der Waals surface area contributed by atoms with Crippen LogP contribution >= 0.6 is 27.5 Å². The zero-order valence-electron chi connectivity index (χ0n) is 9.09. The van der Waals surface area contributed by atoms with E-state index in [0.717, 1.165) is 4.47 Å². The van der Waals surface area contributed by atoms with Crippen LogP contribution in [0.25, 0.3) is 0 Å². The zero-order valence-corrected chi connectivity index (χ0v) is 11.4. The molecule has 0 bridgehead atoms. The summed E-state index contributed by atoms with van der Waals surface area (Å²) in [5.41, 5.74) is 0. The second kappa shape index (κ2) is 6.11. The zero-order chi connectivity index (χ0) is 12.1. The van der Waals surface area contributed by atoms with Crippen molar-refractivity contribution in [2.45, 2.75) is 20.0 Å². The van der Waals surface area contributed by atoms with Crippen molar-refractivity contribution in [2.75, 3.05) is 6.54 Å². The Kier molecular flexibility index (Phi) is 5.09. The normalized spacial score (nSPS) is 12.0. The van der Waals surface area contributed by atoms with Gasteiger partial charge in [-0.2, -0.15) is 0 Å². The molecule has 0 spiro atoms. The van der Waals surface area contributed by atoms with Crippen molar-refractivity contribution in [1.82, 2.24) is 5.32 Å². The van der Waals surface area contributed by atoms with Gasteiger partial charge in [0.15, 0.2) is 6.10 Å². The molecule has 0 fully saturated rings. The summed E-state index contributed by atoms with van der Waals surface area (Å²) >= 11 is 9.27. The number of benzene rings is 1. The molecule has 3 nitrogen and oxygen atoms in total. The van der Waals surface area contributed by atoms with Crippen molar-refractivity contribution in [3.8, 4) is 5.75 Å². The van der Waals surface area contributed by atoms with Crippen LogP contribution in [0.5, 0.6) is 5.75 Å². The van der Waals surface area contributed by atoms with Crippen molar-refractivity contribution < 1.29 is 9.53 Å². The van der Waals surface area contributed by atoms with Gasteiger partial charge in [0.25, 0.3) is 5.91 Å². The first kappa shape index (κ1) is 13.3. The van der Waals surface area contributed by atoms with Crippen LogP contribution in [0.4, 0.5) is 0 Å². The Morgan fingerprint density at radius 2 is 2.31 bits per heavy atom. The quantitative estimate of drug-likeness (QED) is 0.928. The van der Waals surface area contributed by atoms with Crippen LogP contribution in [0.2, 0.25) is 5.02 Å². The third kappa shape index (κ3) is 3.68. The molecule has 0 saturated heterocycles. The van der Waals surface area contributed by atoms with Gasteiger partial charge in [0.05, 0.1) is 5.02 Å². The lowest BCUT2D eigenvalue weighted by Gasteiger charge is -2.15. The molecule has 0 aliphatic rings. The summed E-state index contributed by atoms with van der Waals surface area (Å²) in [5, 5.41) is 3.16. The van der Waals surface area contributed by atoms with E-state index in [1.165, 1.54) is 0 Å². The number of halogens is 2. The van der Waals surface area contributed by atoms with E-state index < -0.39 is 6.10 Å². The van der Waals surface area contributed by atoms with Gasteiger partial charge in [0.2, 0.25) is 0 Å². The van der Waals surface area contributed by atoms with E-state index in [-0.39, 0.29) is 5.91 Å². The van der Waals surface area contributed by atoms with Gasteiger partial charge in [-0.1, -0.05) is 27.5 Å². The fourth-order valence-corrected chi connectivity index (χ4v) is 1.85. The third-order valence-corrected chi connectivity index (χ3v) is 2.71. The highest BCUT2D eigenvalue weighted by Gasteiger charge is 2.14. The average Bonchev–Trinajstić information content (AvgIpc) is 2.22. The summed E-state index contributed by atoms with van der Waals surface area (Å²) < 4.78 is 6.32. The highest BCUT2D eigenvalue weighted by Crippen LogP contribution is 2.28. The van der Waals surface area contributed by atoms with E-state index >= 15 is 0 Å². The molecule has 0 radical (unpaired) electrons. The van der Waals surface area contributed by atoms with Crippen molar-refractivity contribution in [3.05, 3.63) is 27.7 Å². The van der Waals surface area contributed by atoms with Gasteiger partial charge in [0.1, 0.15) is 5.75 Å². The lowest BCUT2D eigenvalue weighted by atomic mass is 10.3. The van der Waals surface area contributed by atoms with Crippen LogP contribution < -0.4 is 10.1 Å². The number of nitrogens with one attached hydrogen (secondary N) is 1. The molecule has 0 heterocycles. The van der Waals surface area contributed by atoms with Gasteiger partial charge in [0, 0.05) is 11.0 Å². The number of rotatable bonds is 4. The SMILES string of the molecule is CCNC(=O)[C@H](C)Oc1ccc(Br)cc1Cl. The van der Waals surface area contributed by atoms with Gasteiger partial charge in [-0.25, -0.2) is 0 Å². The molecule has 0 aromatic heterocycles. The predicted molar refractivity (Wildman–Crippen MR) is 67.9 cm³/mol. The van der Waals surface area contributed by atoms with Crippen molar-refractivity contribution in [3.63, 3.8) is 0 Å². The molecule has 1 aromatic rings. The summed E-state index contributed by atoms with van der Waals surface area (Å²) in [6, 6.07) is 5.26. The van der Waals surface area contributed by atoms with Gasteiger partial charge in [-0.15, -0.1) is 0 Å². The number of hydrogen-bond donors (Lipinski definition) is 1. The monoisotopic (exact) mass is 305 g/mol. The van der Waals surface area contributed by atoms with E-state index in [1.807, 2.05) is 13.0 Å². The molecule has 0 aliphatic heterocycles. The summed E-state index contributed by atoms with van der Waals surface area (Å²) in [6.45, 7) is 4.13. The molecule has 0 unspecified atom stereocenters. The highest BCUT2D eigenvalue weighted by atomic mass is 79.9. The molecule has 16 heavy (non-hydrogen) atoms. The van der Waals surface area contributed by atoms with E-state index in [4.69, 9.17) is 16.3 Å². The Morgan fingerprint density at radius 3 is 2.88 bits per heavy atom. The third-order valence-electron chi connectivity index (χ3n) is 1.92. The molecule has 0 aliphatic carbocycles. The minimum atomic E-state index is -0.557. The fraction of sp³-hybridized carbons (Fsp3) is 0.364. The van der Waals surface area contributed by atoms with Crippen LogP contribution in [0.3, 0.4) is 0 Å². The maximum Gasteiger partial charge on any atom is 0.260 e. The Bertz CT molecular complexity index is 384. The standard InChI is InChI=1S/C11H13BrClNO2/c1-3-14-11(15)7(2)16-10-5-4-8(12)6-9(10)13/h4-7H,3H2,1-2H3,(H,14,15)/t7-/m0/s1. The van der Waals surface area contributed by atoms with Gasteiger partial charge in [-0.3, -0.25) is 4.79 Å². The number of likely N-dealkylation sites (N-methyl/N-ethyl adjacent to an activating group) is 1. The maximum atomic E-state index is 11.4. The Balaban J connectivity index is 2.69. The topological polar surface area (TPSA) is 38.3 Å². The first-order valence-corrected chi connectivity index (χ1v) is 6.11. The number of ether oxygens (including phenoxy) is 1. The molecule has 0 saturated carbocycles. The van der Waals surface area contributed by atoms with Gasteiger partial charge < -0.3 is 10.1 Å². The summed E-state index contributed by atoms with van der Waals surface area (Å²) in [6.07, 6.45) is -0.557. The smallest absolute Gasteiger partial charge is 0.260 e. The first-order chi connectivity index (χ1) is 7.54. The summed E-state index contributed by atoms with van der Waals surface area (Å²) in [7, 11) is 0. The Labute approximate surface area is 108 Å².